The third kappa shape index (κ3) is 2.69. The van der Waals surface area contributed by atoms with Gasteiger partial charge in [0.25, 0.3) is 0 Å². The molecule has 5 heteroatoms. The molecular formula is C16H23N3O2. The van der Waals surface area contributed by atoms with Crippen molar-refractivity contribution in [2.45, 2.75) is 31.7 Å². The molecule has 0 radical (unpaired) electrons. The summed E-state index contributed by atoms with van der Waals surface area (Å²) in [6.45, 7) is 6.64. The smallest absolute Gasteiger partial charge is 0.225 e. The molecule has 0 spiro atoms. The molecule has 1 unspecified atom stereocenters. The number of carbonyl (C=O) groups is 2. The van der Waals surface area contributed by atoms with Crippen LogP contribution in [-0.4, -0.2) is 59.2 Å². The molecule has 3 rings (SSSR count). The standard InChI is InChI=1S/C16H23N3O2/c1-2-14-10-17(8-9-20)12-19(14)15-6-7-18(11-15)16(21)13-4-3-5-13/h2,9-10,13,15H,1,3-8,11-12H2. The SMILES string of the molecule is C=CC1=CN(CC=O)CN1C1CCN(C(=O)C2CCC2)C1. The summed E-state index contributed by atoms with van der Waals surface area (Å²) in [5.74, 6) is 0.625. The van der Waals surface area contributed by atoms with Gasteiger partial charge in [-0.05, 0) is 25.3 Å². The summed E-state index contributed by atoms with van der Waals surface area (Å²) in [5, 5.41) is 0. The molecular weight excluding hydrogens is 266 g/mol. The van der Waals surface area contributed by atoms with Gasteiger partial charge in [-0.2, -0.15) is 0 Å². The molecule has 1 amide bonds. The van der Waals surface area contributed by atoms with Crippen molar-refractivity contribution in [3.8, 4) is 0 Å². The largest absolute Gasteiger partial charge is 0.351 e. The van der Waals surface area contributed by atoms with Crippen LogP contribution in [0.15, 0.2) is 24.6 Å². The Morgan fingerprint density at radius 3 is 2.81 bits per heavy atom. The second-order valence-corrected chi connectivity index (χ2v) is 6.16. The molecule has 21 heavy (non-hydrogen) atoms. The van der Waals surface area contributed by atoms with E-state index in [4.69, 9.17) is 0 Å². The molecule has 0 aromatic rings. The van der Waals surface area contributed by atoms with Gasteiger partial charge in [-0.15, -0.1) is 0 Å². The lowest BCUT2D eigenvalue weighted by Crippen LogP contribution is -2.41. The minimum absolute atomic E-state index is 0.281. The number of hydrogen-bond acceptors (Lipinski definition) is 4. The summed E-state index contributed by atoms with van der Waals surface area (Å²) < 4.78 is 0. The molecule has 0 bridgehead atoms. The highest BCUT2D eigenvalue weighted by molar-refractivity contribution is 5.79. The Kier molecular flexibility index (Phi) is 3.99. The van der Waals surface area contributed by atoms with Crippen molar-refractivity contribution >= 4 is 12.2 Å². The van der Waals surface area contributed by atoms with E-state index in [1.807, 2.05) is 22.1 Å². The lowest BCUT2D eigenvalue weighted by molar-refractivity contribution is -0.137. The Labute approximate surface area is 125 Å². The first-order valence-electron chi connectivity index (χ1n) is 7.80. The van der Waals surface area contributed by atoms with Crippen molar-refractivity contribution in [3.63, 3.8) is 0 Å². The predicted molar refractivity (Wildman–Crippen MR) is 80.1 cm³/mol. The van der Waals surface area contributed by atoms with Gasteiger partial charge < -0.3 is 19.5 Å². The normalized spacial score (nSPS) is 25.8. The van der Waals surface area contributed by atoms with E-state index in [-0.39, 0.29) is 5.92 Å². The molecule has 0 aromatic carbocycles. The highest BCUT2D eigenvalue weighted by Crippen LogP contribution is 2.31. The lowest BCUT2D eigenvalue weighted by Gasteiger charge is -2.31. The van der Waals surface area contributed by atoms with Gasteiger partial charge in [0.15, 0.2) is 0 Å². The van der Waals surface area contributed by atoms with Gasteiger partial charge in [-0.1, -0.05) is 13.0 Å². The van der Waals surface area contributed by atoms with Gasteiger partial charge in [-0.3, -0.25) is 4.79 Å². The average molecular weight is 289 g/mol. The molecule has 1 saturated heterocycles. The Balaban J connectivity index is 1.60. The number of allylic oxidation sites excluding steroid dienone is 1. The summed E-state index contributed by atoms with van der Waals surface area (Å²) in [6, 6.07) is 0.343. The van der Waals surface area contributed by atoms with Crippen LogP contribution in [0.25, 0.3) is 0 Å². The highest BCUT2D eigenvalue weighted by atomic mass is 16.2. The van der Waals surface area contributed by atoms with E-state index in [1.165, 1.54) is 6.42 Å². The zero-order valence-electron chi connectivity index (χ0n) is 12.4. The number of carbonyl (C=O) groups excluding carboxylic acids is 2. The zero-order valence-corrected chi connectivity index (χ0v) is 12.4. The third-order valence-electron chi connectivity index (χ3n) is 4.87. The number of amides is 1. The molecule has 0 N–H and O–H groups in total. The van der Waals surface area contributed by atoms with Crippen LogP contribution in [0, 0.1) is 5.92 Å². The highest BCUT2D eigenvalue weighted by Gasteiger charge is 2.37. The molecule has 1 saturated carbocycles. The first-order chi connectivity index (χ1) is 10.2. The van der Waals surface area contributed by atoms with Crippen LogP contribution in [0.1, 0.15) is 25.7 Å². The van der Waals surface area contributed by atoms with Crippen LogP contribution in [0.2, 0.25) is 0 Å². The van der Waals surface area contributed by atoms with Gasteiger partial charge in [0, 0.05) is 25.2 Å². The predicted octanol–water partition coefficient (Wildman–Crippen LogP) is 1.19. The number of hydrogen-bond donors (Lipinski definition) is 0. The fraction of sp³-hybridized carbons (Fsp3) is 0.625. The Morgan fingerprint density at radius 2 is 2.19 bits per heavy atom. The second-order valence-electron chi connectivity index (χ2n) is 6.16. The Bertz CT molecular complexity index is 470. The summed E-state index contributed by atoms with van der Waals surface area (Å²) in [4.78, 5) is 29.3. The summed E-state index contributed by atoms with van der Waals surface area (Å²) in [7, 11) is 0. The van der Waals surface area contributed by atoms with Crippen LogP contribution >= 0.6 is 0 Å². The van der Waals surface area contributed by atoms with E-state index in [9.17, 15) is 9.59 Å². The van der Waals surface area contributed by atoms with E-state index in [2.05, 4.69) is 11.5 Å². The van der Waals surface area contributed by atoms with Crippen LogP contribution in [0.5, 0.6) is 0 Å². The van der Waals surface area contributed by atoms with Gasteiger partial charge >= 0.3 is 0 Å². The first-order valence-corrected chi connectivity index (χ1v) is 7.80. The van der Waals surface area contributed by atoms with Crippen molar-refractivity contribution < 1.29 is 9.59 Å². The van der Waals surface area contributed by atoms with Gasteiger partial charge in [-0.25, -0.2) is 0 Å². The molecule has 1 aliphatic carbocycles. The number of rotatable bonds is 5. The molecule has 5 nitrogen and oxygen atoms in total. The van der Waals surface area contributed by atoms with E-state index in [0.717, 1.165) is 51.0 Å². The molecule has 2 fully saturated rings. The van der Waals surface area contributed by atoms with Crippen molar-refractivity contribution in [3.05, 3.63) is 24.6 Å². The van der Waals surface area contributed by atoms with Crippen LogP contribution in [-0.2, 0) is 9.59 Å². The van der Waals surface area contributed by atoms with Crippen molar-refractivity contribution in [2.24, 2.45) is 5.92 Å². The second kappa shape index (κ2) is 5.92. The van der Waals surface area contributed by atoms with E-state index in [0.29, 0.717) is 18.5 Å². The third-order valence-corrected chi connectivity index (χ3v) is 4.87. The maximum Gasteiger partial charge on any atom is 0.225 e. The van der Waals surface area contributed by atoms with Gasteiger partial charge in [0.1, 0.15) is 6.29 Å². The Hall–Kier alpha value is -1.78. The fourth-order valence-electron chi connectivity index (χ4n) is 3.39. The molecule has 2 aliphatic heterocycles. The molecule has 114 valence electrons. The Morgan fingerprint density at radius 1 is 1.38 bits per heavy atom. The summed E-state index contributed by atoms with van der Waals surface area (Å²) >= 11 is 0. The summed E-state index contributed by atoms with van der Waals surface area (Å²) in [6.07, 6.45) is 9.06. The first kappa shape index (κ1) is 14.2. The van der Waals surface area contributed by atoms with Crippen molar-refractivity contribution in [1.82, 2.24) is 14.7 Å². The molecule has 0 aromatic heterocycles. The van der Waals surface area contributed by atoms with Crippen molar-refractivity contribution in [1.29, 1.82) is 0 Å². The monoisotopic (exact) mass is 289 g/mol. The van der Waals surface area contributed by atoms with Crippen molar-refractivity contribution in [2.75, 3.05) is 26.3 Å². The van der Waals surface area contributed by atoms with Gasteiger partial charge in [0.05, 0.1) is 25.0 Å². The van der Waals surface area contributed by atoms with E-state index in [1.54, 1.807) is 0 Å². The number of likely N-dealkylation sites (tertiary alicyclic amines) is 1. The minimum atomic E-state index is 0.281. The van der Waals surface area contributed by atoms with Gasteiger partial charge in [0.2, 0.25) is 5.91 Å². The fourth-order valence-corrected chi connectivity index (χ4v) is 3.39. The topological polar surface area (TPSA) is 43.9 Å². The zero-order chi connectivity index (χ0) is 14.8. The number of nitrogens with zero attached hydrogens (tertiary/aromatic N) is 3. The maximum atomic E-state index is 12.3. The number of aldehydes is 1. The van der Waals surface area contributed by atoms with Crippen LogP contribution in [0.4, 0.5) is 0 Å². The lowest BCUT2D eigenvalue weighted by atomic mass is 9.84. The quantitative estimate of drug-likeness (QED) is 0.713. The van der Waals surface area contributed by atoms with E-state index < -0.39 is 0 Å². The van der Waals surface area contributed by atoms with Crippen LogP contribution < -0.4 is 0 Å². The van der Waals surface area contributed by atoms with E-state index >= 15 is 0 Å². The summed E-state index contributed by atoms with van der Waals surface area (Å²) in [5.41, 5.74) is 1.06. The average Bonchev–Trinajstić information content (AvgIpc) is 3.02. The minimum Gasteiger partial charge on any atom is -0.351 e. The molecule has 3 aliphatic rings. The molecule has 2 heterocycles. The van der Waals surface area contributed by atoms with Crippen LogP contribution in [0.3, 0.4) is 0 Å². The maximum absolute atomic E-state index is 12.3. The molecule has 1 atom stereocenters.